The van der Waals surface area contributed by atoms with Gasteiger partial charge in [0.15, 0.2) is 0 Å². The molecule has 1 heteroatoms. The Bertz CT molecular complexity index is 166. The molecule has 0 aromatic carbocycles. The molecule has 0 radical (unpaired) electrons. The summed E-state index contributed by atoms with van der Waals surface area (Å²) in [4.78, 5) is 0. The molecule has 1 heterocycles. The van der Waals surface area contributed by atoms with E-state index in [4.69, 9.17) is 0 Å². The molecule has 0 amide bonds. The van der Waals surface area contributed by atoms with Gasteiger partial charge in [0.2, 0.25) is 0 Å². The van der Waals surface area contributed by atoms with Gasteiger partial charge in [0, 0.05) is 6.54 Å². The lowest BCUT2D eigenvalue weighted by Crippen LogP contribution is -2.23. The fourth-order valence-electron chi connectivity index (χ4n) is 1.25. The predicted molar refractivity (Wildman–Crippen MR) is 45.0 cm³/mol. The Kier molecular flexibility index (Phi) is 2.69. The van der Waals surface area contributed by atoms with Crippen molar-refractivity contribution in [3.63, 3.8) is 0 Å². The van der Waals surface area contributed by atoms with Crippen LogP contribution in [0.1, 0.15) is 20.3 Å². The average Bonchev–Trinajstić information content (AvgIpc) is 1.94. The molecule has 10 heavy (non-hydrogen) atoms. The van der Waals surface area contributed by atoms with Gasteiger partial charge in [-0.25, -0.2) is 0 Å². The first kappa shape index (κ1) is 7.55. The molecule has 0 bridgehead atoms. The summed E-state index contributed by atoms with van der Waals surface area (Å²) in [7, 11) is 0. The van der Waals surface area contributed by atoms with E-state index in [1.807, 2.05) is 0 Å². The molecule has 0 atom stereocenters. The summed E-state index contributed by atoms with van der Waals surface area (Å²) in [5.74, 6) is 0. The lowest BCUT2D eigenvalue weighted by atomic mass is 10.0. The molecule has 56 valence electrons. The van der Waals surface area contributed by atoms with Crippen LogP contribution in [-0.4, -0.2) is 13.1 Å². The minimum absolute atomic E-state index is 1.07. The number of allylic oxidation sites excluding steroid dienone is 2. The first-order chi connectivity index (χ1) is 4.84. The topological polar surface area (TPSA) is 12.0 Å². The third-order valence-corrected chi connectivity index (χ3v) is 1.88. The van der Waals surface area contributed by atoms with Crippen molar-refractivity contribution in [3.05, 3.63) is 23.3 Å². The third-order valence-electron chi connectivity index (χ3n) is 1.88. The van der Waals surface area contributed by atoms with Crippen molar-refractivity contribution in [2.24, 2.45) is 0 Å². The first-order valence-corrected chi connectivity index (χ1v) is 3.86. The molecule has 1 aliphatic rings. The normalized spacial score (nSPS) is 20.6. The van der Waals surface area contributed by atoms with Gasteiger partial charge in [-0.3, -0.25) is 0 Å². The second-order valence-corrected chi connectivity index (χ2v) is 2.73. The van der Waals surface area contributed by atoms with Gasteiger partial charge < -0.3 is 5.32 Å². The van der Waals surface area contributed by atoms with E-state index in [1.54, 1.807) is 0 Å². The number of nitrogens with one attached hydrogen (secondary N) is 1. The number of hydrogen-bond acceptors (Lipinski definition) is 1. The molecular formula is C9H15N. The predicted octanol–water partition coefficient (Wildman–Crippen LogP) is 1.87. The van der Waals surface area contributed by atoms with Gasteiger partial charge in [-0.2, -0.15) is 0 Å². The van der Waals surface area contributed by atoms with Crippen molar-refractivity contribution in [2.45, 2.75) is 20.3 Å². The molecule has 0 saturated heterocycles. The maximum atomic E-state index is 3.33. The van der Waals surface area contributed by atoms with E-state index in [0.717, 1.165) is 13.1 Å². The fraction of sp³-hybridized carbons (Fsp3) is 0.556. The summed E-state index contributed by atoms with van der Waals surface area (Å²) in [6.07, 6.45) is 5.52. The largest absolute Gasteiger partial charge is 0.313 e. The molecule has 0 aromatic rings. The fourth-order valence-corrected chi connectivity index (χ4v) is 1.25. The van der Waals surface area contributed by atoms with Crippen molar-refractivity contribution < 1.29 is 0 Å². The van der Waals surface area contributed by atoms with E-state index in [9.17, 15) is 0 Å². The van der Waals surface area contributed by atoms with Crippen molar-refractivity contribution >= 4 is 0 Å². The van der Waals surface area contributed by atoms with Crippen molar-refractivity contribution in [1.82, 2.24) is 5.32 Å². The van der Waals surface area contributed by atoms with Crippen LogP contribution in [0.15, 0.2) is 23.3 Å². The average molecular weight is 137 g/mol. The van der Waals surface area contributed by atoms with E-state index in [1.165, 1.54) is 17.6 Å². The second kappa shape index (κ2) is 3.57. The lowest BCUT2D eigenvalue weighted by molar-refractivity contribution is 0.686. The minimum Gasteiger partial charge on any atom is -0.313 e. The van der Waals surface area contributed by atoms with Crippen molar-refractivity contribution in [1.29, 1.82) is 0 Å². The summed E-state index contributed by atoms with van der Waals surface area (Å²) in [5, 5.41) is 3.33. The molecule has 1 nitrogen and oxygen atoms in total. The molecule has 0 aliphatic carbocycles. The van der Waals surface area contributed by atoms with Crippen LogP contribution in [0.3, 0.4) is 0 Å². The number of hydrogen-bond donors (Lipinski definition) is 1. The summed E-state index contributed by atoms with van der Waals surface area (Å²) >= 11 is 0. The summed E-state index contributed by atoms with van der Waals surface area (Å²) in [6.45, 7) is 6.47. The molecule has 1 N–H and O–H groups in total. The highest BCUT2D eigenvalue weighted by Gasteiger charge is 2.03. The quantitative estimate of drug-likeness (QED) is 0.581. The molecule has 1 rings (SSSR count). The second-order valence-electron chi connectivity index (χ2n) is 2.73. The Morgan fingerprint density at radius 1 is 1.50 bits per heavy atom. The zero-order valence-electron chi connectivity index (χ0n) is 6.78. The van der Waals surface area contributed by atoms with E-state index in [2.05, 4.69) is 31.3 Å². The molecule has 0 spiro atoms. The van der Waals surface area contributed by atoms with Crippen LogP contribution in [-0.2, 0) is 0 Å². The van der Waals surface area contributed by atoms with Crippen LogP contribution in [0.25, 0.3) is 0 Å². The number of rotatable bonds is 1. The van der Waals surface area contributed by atoms with Crippen LogP contribution < -0.4 is 5.32 Å². The minimum atomic E-state index is 1.07. The van der Waals surface area contributed by atoms with Crippen LogP contribution >= 0.6 is 0 Å². The van der Waals surface area contributed by atoms with Gasteiger partial charge in [-0.05, 0) is 32.4 Å². The lowest BCUT2D eigenvalue weighted by Gasteiger charge is -2.15. The smallest absolute Gasteiger partial charge is 0.0167 e. The maximum Gasteiger partial charge on any atom is 0.0167 e. The zero-order valence-corrected chi connectivity index (χ0v) is 6.78. The van der Waals surface area contributed by atoms with E-state index < -0.39 is 0 Å². The van der Waals surface area contributed by atoms with E-state index in [-0.39, 0.29) is 0 Å². The molecule has 0 aromatic heterocycles. The molecular weight excluding hydrogens is 122 g/mol. The van der Waals surface area contributed by atoms with Gasteiger partial charge in [-0.15, -0.1) is 0 Å². The summed E-state index contributed by atoms with van der Waals surface area (Å²) < 4.78 is 0. The van der Waals surface area contributed by atoms with Gasteiger partial charge in [0.25, 0.3) is 0 Å². The third kappa shape index (κ3) is 1.71. The van der Waals surface area contributed by atoms with E-state index in [0.29, 0.717) is 0 Å². The summed E-state index contributed by atoms with van der Waals surface area (Å²) in [5.41, 5.74) is 3.01. The van der Waals surface area contributed by atoms with Gasteiger partial charge in [0.1, 0.15) is 0 Å². The Morgan fingerprint density at radius 3 is 2.90 bits per heavy atom. The Balaban J connectivity index is 2.68. The first-order valence-electron chi connectivity index (χ1n) is 3.86. The Morgan fingerprint density at radius 2 is 2.30 bits per heavy atom. The SMILES string of the molecule is C/C=C\C1=C(C)CNCC1. The zero-order chi connectivity index (χ0) is 7.40. The van der Waals surface area contributed by atoms with E-state index >= 15 is 0 Å². The standard InChI is InChI=1S/C9H15N/c1-3-4-9-5-6-10-7-8(9)2/h3-4,10H,5-7H2,1-2H3/b4-3-. The molecule has 0 unspecified atom stereocenters. The highest BCUT2D eigenvalue weighted by Crippen LogP contribution is 2.12. The Hall–Kier alpha value is -0.560. The molecule has 0 fully saturated rings. The molecule has 0 saturated carbocycles. The Labute approximate surface area is 62.8 Å². The highest BCUT2D eigenvalue weighted by atomic mass is 14.9. The van der Waals surface area contributed by atoms with Crippen molar-refractivity contribution in [3.8, 4) is 0 Å². The molecule has 1 aliphatic heterocycles. The van der Waals surface area contributed by atoms with Gasteiger partial charge in [-0.1, -0.05) is 17.7 Å². The van der Waals surface area contributed by atoms with Crippen LogP contribution in [0, 0.1) is 0 Å². The van der Waals surface area contributed by atoms with Gasteiger partial charge in [0.05, 0.1) is 0 Å². The monoisotopic (exact) mass is 137 g/mol. The summed E-state index contributed by atoms with van der Waals surface area (Å²) in [6, 6.07) is 0. The van der Waals surface area contributed by atoms with Crippen LogP contribution in [0.4, 0.5) is 0 Å². The highest BCUT2D eigenvalue weighted by molar-refractivity contribution is 5.27. The van der Waals surface area contributed by atoms with Crippen molar-refractivity contribution in [2.75, 3.05) is 13.1 Å². The maximum absolute atomic E-state index is 3.33. The van der Waals surface area contributed by atoms with Gasteiger partial charge >= 0.3 is 0 Å². The van der Waals surface area contributed by atoms with Crippen LogP contribution in [0.2, 0.25) is 0 Å². The van der Waals surface area contributed by atoms with Crippen LogP contribution in [0.5, 0.6) is 0 Å².